The quantitative estimate of drug-likeness (QED) is 0.767. The van der Waals surface area contributed by atoms with Crippen LogP contribution in [0.5, 0.6) is 0 Å². The molecule has 30 heavy (non-hydrogen) atoms. The van der Waals surface area contributed by atoms with Gasteiger partial charge in [-0.2, -0.15) is 0 Å². The number of Topliss-reactive ketones (excluding diaryl/α,β-unsaturated/α-hetero) is 1. The zero-order chi connectivity index (χ0) is 20.3. The van der Waals surface area contributed by atoms with Crippen molar-refractivity contribution in [2.75, 3.05) is 19.8 Å². The van der Waals surface area contributed by atoms with E-state index in [9.17, 15) is 9.59 Å². The van der Waals surface area contributed by atoms with Crippen LogP contribution in [0.4, 0.5) is 0 Å². The highest BCUT2D eigenvalue weighted by atomic mass is 16.5. The van der Waals surface area contributed by atoms with Gasteiger partial charge >= 0.3 is 0 Å². The molecule has 2 aromatic heterocycles. The molecule has 6 rings (SSSR count). The summed E-state index contributed by atoms with van der Waals surface area (Å²) < 4.78 is 17.2. The minimum absolute atomic E-state index is 0.197. The predicted octanol–water partition coefficient (Wildman–Crippen LogP) is 2.33. The number of nitrogens with zero attached hydrogens (tertiary/aromatic N) is 2. The van der Waals surface area contributed by atoms with Gasteiger partial charge in [-0.05, 0) is 38.5 Å². The number of fused-ring (bicyclic) bond motifs is 4. The van der Waals surface area contributed by atoms with Crippen LogP contribution in [0.2, 0.25) is 0 Å². The molecule has 0 amide bonds. The summed E-state index contributed by atoms with van der Waals surface area (Å²) in [7, 11) is 0. The largest absolute Gasteiger partial charge is 0.380 e. The first-order valence-electron chi connectivity index (χ1n) is 10.9. The summed E-state index contributed by atoms with van der Waals surface area (Å²) in [5.41, 5.74) is 1.73. The van der Waals surface area contributed by atoms with Crippen LogP contribution in [0.3, 0.4) is 0 Å². The Kier molecular flexibility index (Phi) is 4.05. The number of aromatic amines is 1. The van der Waals surface area contributed by atoms with Crippen molar-refractivity contribution in [2.24, 2.45) is 0 Å². The molecule has 2 aliphatic carbocycles. The van der Waals surface area contributed by atoms with Gasteiger partial charge in [0, 0.05) is 18.6 Å². The summed E-state index contributed by atoms with van der Waals surface area (Å²) in [5.74, 6) is 1.40. The standard InChI is InChI=1S/C22H25N3O5/c26-15-5-1-2-6-22(15)7-3-4-13-16(25-30-18(13)22)19-23-17-14(20(27)24-19)10-29-12-21(17)8-9-28-11-21/h1-12H2,(H,23,24,27)/t21-,22-/m1/s1. The molecule has 0 unspecified atom stereocenters. The van der Waals surface area contributed by atoms with Gasteiger partial charge in [-0.3, -0.25) is 9.59 Å². The topological polar surface area (TPSA) is 107 Å². The monoisotopic (exact) mass is 411 g/mol. The summed E-state index contributed by atoms with van der Waals surface area (Å²) in [6, 6.07) is 0. The van der Waals surface area contributed by atoms with E-state index >= 15 is 0 Å². The Labute approximate surface area is 173 Å². The van der Waals surface area contributed by atoms with Crippen LogP contribution < -0.4 is 5.56 Å². The third kappa shape index (κ3) is 2.46. The molecule has 2 atom stereocenters. The highest BCUT2D eigenvalue weighted by Gasteiger charge is 2.49. The van der Waals surface area contributed by atoms with E-state index in [4.69, 9.17) is 19.0 Å². The molecule has 1 saturated carbocycles. The van der Waals surface area contributed by atoms with Gasteiger partial charge in [-0.25, -0.2) is 4.98 Å². The number of hydrogen-bond acceptors (Lipinski definition) is 7. The number of rotatable bonds is 1. The van der Waals surface area contributed by atoms with Crippen molar-refractivity contribution in [3.63, 3.8) is 0 Å². The lowest BCUT2D eigenvalue weighted by Gasteiger charge is -2.36. The van der Waals surface area contributed by atoms with Crippen LogP contribution in [0.1, 0.15) is 67.5 Å². The van der Waals surface area contributed by atoms with Crippen molar-refractivity contribution in [1.29, 1.82) is 0 Å². The molecule has 2 aliphatic heterocycles. The van der Waals surface area contributed by atoms with Gasteiger partial charge in [0.25, 0.3) is 5.56 Å². The van der Waals surface area contributed by atoms with E-state index in [1.54, 1.807) is 0 Å². The molecule has 0 aromatic carbocycles. The number of carbonyl (C=O) groups is 1. The fourth-order valence-corrected chi connectivity index (χ4v) is 5.89. The zero-order valence-corrected chi connectivity index (χ0v) is 16.9. The van der Waals surface area contributed by atoms with E-state index in [1.807, 2.05) is 0 Å². The molecular formula is C22H25N3O5. The van der Waals surface area contributed by atoms with E-state index in [0.29, 0.717) is 49.1 Å². The summed E-state index contributed by atoms with van der Waals surface area (Å²) in [6.45, 7) is 1.90. The normalized spacial score (nSPS) is 30.6. The Morgan fingerprint density at radius 1 is 0.933 bits per heavy atom. The molecule has 0 radical (unpaired) electrons. The number of carbonyl (C=O) groups excluding carboxylic acids is 1. The smallest absolute Gasteiger partial charge is 0.257 e. The third-order valence-electron chi connectivity index (χ3n) is 7.51. The lowest BCUT2D eigenvalue weighted by Crippen LogP contribution is -2.41. The van der Waals surface area contributed by atoms with Crippen molar-refractivity contribution in [3.8, 4) is 11.5 Å². The van der Waals surface area contributed by atoms with E-state index in [1.165, 1.54) is 0 Å². The van der Waals surface area contributed by atoms with Crippen molar-refractivity contribution in [2.45, 2.75) is 68.8 Å². The number of hydrogen-bond donors (Lipinski definition) is 1. The first-order chi connectivity index (χ1) is 14.6. The summed E-state index contributed by atoms with van der Waals surface area (Å²) in [6.07, 6.45) is 6.69. The fourth-order valence-electron chi connectivity index (χ4n) is 5.89. The molecule has 2 fully saturated rings. The molecule has 2 aromatic rings. The van der Waals surface area contributed by atoms with E-state index < -0.39 is 5.41 Å². The van der Waals surface area contributed by atoms with Crippen molar-refractivity contribution >= 4 is 5.78 Å². The van der Waals surface area contributed by atoms with Crippen molar-refractivity contribution in [1.82, 2.24) is 15.1 Å². The highest BCUT2D eigenvalue weighted by Crippen LogP contribution is 2.47. The molecule has 1 N–H and O–H groups in total. The van der Waals surface area contributed by atoms with Gasteiger partial charge < -0.3 is 19.0 Å². The van der Waals surface area contributed by atoms with Crippen LogP contribution in [-0.4, -0.2) is 40.7 Å². The van der Waals surface area contributed by atoms with Crippen LogP contribution in [-0.2, 0) is 38.1 Å². The van der Waals surface area contributed by atoms with Gasteiger partial charge in [-0.1, -0.05) is 11.6 Å². The number of ether oxygens (including phenoxy) is 2. The van der Waals surface area contributed by atoms with Gasteiger partial charge in [0.1, 0.15) is 5.78 Å². The Balaban J connectivity index is 1.49. The Morgan fingerprint density at radius 3 is 2.63 bits per heavy atom. The van der Waals surface area contributed by atoms with Gasteiger partial charge in [0.2, 0.25) is 0 Å². The molecule has 4 heterocycles. The maximum Gasteiger partial charge on any atom is 0.257 e. The Hall–Kier alpha value is -2.32. The second-order valence-electron chi connectivity index (χ2n) is 9.22. The molecule has 4 aliphatic rings. The zero-order valence-electron chi connectivity index (χ0n) is 16.9. The average molecular weight is 411 g/mol. The van der Waals surface area contributed by atoms with E-state index in [-0.39, 0.29) is 23.4 Å². The lowest BCUT2D eigenvalue weighted by molar-refractivity contribution is -0.128. The van der Waals surface area contributed by atoms with Crippen LogP contribution >= 0.6 is 0 Å². The first-order valence-corrected chi connectivity index (χ1v) is 10.9. The molecular weight excluding hydrogens is 386 g/mol. The lowest BCUT2D eigenvalue weighted by atomic mass is 9.64. The molecule has 2 spiro atoms. The van der Waals surface area contributed by atoms with Crippen LogP contribution in [0, 0.1) is 0 Å². The average Bonchev–Trinajstić information content (AvgIpc) is 3.40. The number of H-pyrrole nitrogens is 1. The highest BCUT2D eigenvalue weighted by molar-refractivity contribution is 5.91. The number of ketones is 1. The van der Waals surface area contributed by atoms with E-state index in [2.05, 4.69) is 10.1 Å². The minimum Gasteiger partial charge on any atom is -0.380 e. The number of nitrogens with one attached hydrogen (secondary N) is 1. The van der Waals surface area contributed by atoms with Gasteiger partial charge in [-0.15, -0.1) is 0 Å². The minimum atomic E-state index is -0.542. The summed E-state index contributed by atoms with van der Waals surface area (Å²) in [5, 5.41) is 4.33. The molecule has 1 saturated heterocycles. The SMILES string of the molecule is O=C1CCCC[C@@]12CCCc1c(-c3nc4c(c(=O)[nH]3)COC[C@]43CCOC3)noc12. The first kappa shape index (κ1) is 18.4. The molecule has 8 heteroatoms. The predicted molar refractivity (Wildman–Crippen MR) is 105 cm³/mol. The van der Waals surface area contributed by atoms with Crippen LogP contribution in [0.25, 0.3) is 11.5 Å². The van der Waals surface area contributed by atoms with Gasteiger partial charge in [0.05, 0.1) is 41.9 Å². The second kappa shape index (κ2) is 6.59. The van der Waals surface area contributed by atoms with Crippen LogP contribution in [0.15, 0.2) is 9.32 Å². The fraction of sp³-hybridized carbons (Fsp3) is 0.636. The Bertz CT molecular complexity index is 1080. The van der Waals surface area contributed by atoms with Crippen molar-refractivity contribution < 1.29 is 18.8 Å². The van der Waals surface area contributed by atoms with Crippen molar-refractivity contribution in [3.05, 3.63) is 32.9 Å². The summed E-state index contributed by atoms with van der Waals surface area (Å²) >= 11 is 0. The van der Waals surface area contributed by atoms with Gasteiger partial charge in [0.15, 0.2) is 17.3 Å². The third-order valence-corrected chi connectivity index (χ3v) is 7.51. The molecule has 0 bridgehead atoms. The molecule has 8 nitrogen and oxygen atoms in total. The maximum absolute atomic E-state index is 12.9. The molecule has 158 valence electrons. The summed E-state index contributed by atoms with van der Waals surface area (Å²) in [4.78, 5) is 33.6. The second-order valence-corrected chi connectivity index (χ2v) is 9.22. The Morgan fingerprint density at radius 2 is 1.80 bits per heavy atom. The maximum atomic E-state index is 12.9. The number of aromatic nitrogens is 3. The van der Waals surface area contributed by atoms with E-state index in [0.717, 1.165) is 56.2 Å².